The molecule has 23 heavy (non-hydrogen) atoms. The SMILES string of the molecule is O=C(Cc1csc2ccc(Cl)cc12)Nc1ccc2ncsc2c1. The lowest BCUT2D eigenvalue weighted by Gasteiger charge is -2.05. The summed E-state index contributed by atoms with van der Waals surface area (Å²) >= 11 is 9.25. The summed E-state index contributed by atoms with van der Waals surface area (Å²) in [7, 11) is 0. The summed E-state index contributed by atoms with van der Waals surface area (Å²) in [5.41, 5.74) is 4.55. The van der Waals surface area contributed by atoms with Gasteiger partial charge in [-0.2, -0.15) is 0 Å². The monoisotopic (exact) mass is 358 g/mol. The minimum atomic E-state index is -0.0338. The fourth-order valence-electron chi connectivity index (χ4n) is 2.50. The number of carbonyl (C=O) groups is 1. The van der Waals surface area contributed by atoms with E-state index in [9.17, 15) is 4.79 Å². The zero-order chi connectivity index (χ0) is 15.8. The lowest BCUT2D eigenvalue weighted by molar-refractivity contribution is -0.115. The number of aromatic nitrogens is 1. The summed E-state index contributed by atoms with van der Waals surface area (Å²) in [6.45, 7) is 0. The molecule has 1 N–H and O–H groups in total. The Kier molecular flexibility index (Phi) is 3.77. The minimum Gasteiger partial charge on any atom is -0.326 e. The first kappa shape index (κ1) is 14.6. The van der Waals surface area contributed by atoms with Crippen molar-refractivity contribution in [3.63, 3.8) is 0 Å². The van der Waals surface area contributed by atoms with Gasteiger partial charge in [0, 0.05) is 15.4 Å². The van der Waals surface area contributed by atoms with Crippen LogP contribution in [0.25, 0.3) is 20.3 Å². The van der Waals surface area contributed by atoms with Crippen LogP contribution in [0, 0.1) is 0 Å². The van der Waals surface area contributed by atoms with Crippen molar-refractivity contribution >= 4 is 66.2 Å². The number of hydrogen-bond acceptors (Lipinski definition) is 4. The Morgan fingerprint density at radius 1 is 1.13 bits per heavy atom. The van der Waals surface area contributed by atoms with Gasteiger partial charge in [-0.3, -0.25) is 4.79 Å². The van der Waals surface area contributed by atoms with Gasteiger partial charge in [-0.05, 0) is 52.7 Å². The van der Waals surface area contributed by atoms with Gasteiger partial charge in [0.15, 0.2) is 0 Å². The topological polar surface area (TPSA) is 42.0 Å². The van der Waals surface area contributed by atoms with Crippen LogP contribution in [-0.4, -0.2) is 10.9 Å². The molecule has 4 aromatic rings. The number of halogens is 1. The molecule has 2 aromatic carbocycles. The summed E-state index contributed by atoms with van der Waals surface area (Å²) in [4.78, 5) is 16.6. The summed E-state index contributed by atoms with van der Waals surface area (Å²) < 4.78 is 2.21. The van der Waals surface area contributed by atoms with Crippen molar-refractivity contribution in [3.8, 4) is 0 Å². The first-order valence-corrected chi connectivity index (χ1v) is 9.11. The second-order valence-electron chi connectivity index (χ2n) is 5.16. The van der Waals surface area contributed by atoms with Crippen LogP contribution in [0.1, 0.15) is 5.56 Å². The normalized spacial score (nSPS) is 11.2. The molecule has 0 aliphatic carbocycles. The van der Waals surface area contributed by atoms with Gasteiger partial charge in [-0.1, -0.05) is 11.6 Å². The molecule has 0 radical (unpaired) electrons. The molecule has 0 saturated carbocycles. The van der Waals surface area contributed by atoms with Gasteiger partial charge in [-0.15, -0.1) is 22.7 Å². The average molecular weight is 359 g/mol. The first-order valence-electron chi connectivity index (χ1n) is 6.98. The van der Waals surface area contributed by atoms with Gasteiger partial charge in [0.05, 0.1) is 22.1 Å². The molecule has 0 aliphatic rings. The van der Waals surface area contributed by atoms with Gasteiger partial charge in [0.25, 0.3) is 0 Å². The predicted molar refractivity (Wildman–Crippen MR) is 98.8 cm³/mol. The molecular formula is C17H11ClN2OS2. The third-order valence-corrected chi connectivity index (χ3v) is 5.62. The lowest BCUT2D eigenvalue weighted by Crippen LogP contribution is -2.14. The number of anilines is 1. The van der Waals surface area contributed by atoms with E-state index in [0.29, 0.717) is 11.4 Å². The van der Waals surface area contributed by atoms with Crippen molar-refractivity contribution in [2.45, 2.75) is 6.42 Å². The Bertz CT molecular complexity index is 1020. The zero-order valence-electron chi connectivity index (χ0n) is 11.9. The van der Waals surface area contributed by atoms with Crippen LogP contribution in [0.3, 0.4) is 0 Å². The van der Waals surface area contributed by atoms with Crippen molar-refractivity contribution in [1.29, 1.82) is 0 Å². The molecule has 0 fully saturated rings. The highest BCUT2D eigenvalue weighted by Crippen LogP contribution is 2.29. The molecule has 4 rings (SSSR count). The van der Waals surface area contributed by atoms with Gasteiger partial charge < -0.3 is 5.32 Å². The van der Waals surface area contributed by atoms with E-state index in [4.69, 9.17) is 11.6 Å². The molecule has 0 bridgehead atoms. The second kappa shape index (κ2) is 5.92. The maximum Gasteiger partial charge on any atom is 0.228 e. The Hall–Kier alpha value is -1.95. The number of thiazole rings is 1. The van der Waals surface area contributed by atoms with E-state index in [1.54, 1.807) is 28.2 Å². The van der Waals surface area contributed by atoms with Crippen LogP contribution in [0.15, 0.2) is 47.3 Å². The summed E-state index contributed by atoms with van der Waals surface area (Å²) in [6.07, 6.45) is 0.334. The van der Waals surface area contributed by atoms with Crippen molar-refractivity contribution in [1.82, 2.24) is 4.98 Å². The molecule has 114 valence electrons. The van der Waals surface area contributed by atoms with Gasteiger partial charge in [0.2, 0.25) is 5.91 Å². The standard InChI is InChI=1S/C17H11ClN2OS2/c18-11-1-4-15-13(6-11)10(8-22-15)5-17(21)20-12-2-3-14-16(7-12)23-9-19-14/h1-4,6-9H,5H2,(H,20,21). The fraction of sp³-hybridized carbons (Fsp3) is 0.0588. The van der Waals surface area contributed by atoms with Gasteiger partial charge in [0.1, 0.15) is 0 Å². The number of nitrogens with one attached hydrogen (secondary N) is 1. The maximum atomic E-state index is 12.3. The first-order chi connectivity index (χ1) is 11.2. The molecule has 0 atom stereocenters. The number of thiophene rings is 1. The lowest BCUT2D eigenvalue weighted by atomic mass is 10.1. The highest BCUT2D eigenvalue weighted by molar-refractivity contribution is 7.17. The Balaban J connectivity index is 1.55. The quantitative estimate of drug-likeness (QED) is 0.536. The van der Waals surface area contributed by atoms with Crippen LogP contribution >= 0.6 is 34.3 Å². The predicted octanol–water partition coefficient (Wildman–Crippen LogP) is 5.35. The average Bonchev–Trinajstić information content (AvgIpc) is 3.14. The van der Waals surface area contributed by atoms with Crippen LogP contribution < -0.4 is 5.32 Å². The van der Waals surface area contributed by atoms with Crippen molar-refractivity contribution in [3.05, 3.63) is 57.9 Å². The highest BCUT2D eigenvalue weighted by atomic mass is 35.5. The molecule has 3 nitrogen and oxygen atoms in total. The maximum absolute atomic E-state index is 12.3. The number of carbonyl (C=O) groups excluding carboxylic acids is 1. The molecular weight excluding hydrogens is 348 g/mol. The highest BCUT2D eigenvalue weighted by Gasteiger charge is 2.10. The van der Waals surface area contributed by atoms with Gasteiger partial charge in [-0.25, -0.2) is 4.98 Å². The van der Waals surface area contributed by atoms with E-state index in [2.05, 4.69) is 10.3 Å². The molecule has 1 amide bonds. The third kappa shape index (κ3) is 2.95. The second-order valence-corrected chi connectivity index (χ2v) is 7.40. The van der Waals surface area contributed by atoms with E-state index in [1.807, 2.05) is 41.8 Å². The Labute approximate surface area is 145 Å². The van der Waals surface area contributed by atoms with Crippen molar-refractivity contribution < 1.29 is 4.79 Å². The number of hydrogen-bond donors (Lipinski definition) is 1. The smallest absolute Gasteiger partial charge is 0.228 e. The van der Waals surface area contributed by atoms with Crippen LogP contribution in [0.5, 0.6) is 0 Å². The largest absolute Gasteiger partial charge is 0.326 e. The van der Waals surface area contributed by atoms with Crippen LogP contribution in [0.4, 0.5) is 5.69 Å². The summed E-state index contributed by atoms with van der Waals surface area (Å²) in [5, 5.41) is 6.71. The molecule has 6 heteroatoms. The van der Waals surface area contributed by atoms with Crippen LogP contribution in [0.2, 0.25) is 5.02 Å². The Morgan fingerprint density at radius 2 is 2.04 bits per heavy atom. The molecule has 0 unspecified atom stereocenters. The Morgan fingerprint density at radius 3 is 2.96 bits per heavy atom. The third-order valence-electron chi connectivity index (χ3n) is 3.58. The van der Waals surface area contributed by atoms with Crippen molar-refractivity contribution in [2.24, 2.45) is 0 Å². The minimum absolute atomic E-state index is 0.0338. The van der Waals surface area contributed by atoms with E-state index < -0.39 is 0 Å². The molecule has 2 heterocycles. The van der Waals surface area contributed by atoms with Crippen molar-refractivity contribution in [2.75, 3.05) is 5.32 Å². The number of nitrogens with zero attached hydrogens (tertiary/aromatic N) is 1. The zero-order valence-corrected chi connectivity index (χ0v) is 14.3. The van der Waals surface area contributed by atoms with Crippen LogP contribution in [-0.2, 0) is 11.2 Å². The molecule has 0 saturated heterocycles. The van der Waals surface area contributed by atoms with E-state index in [-0.39, 0.29) is 5.91 Å². The number of amides is 1. The molecule has 0 aliphatic heterocycles. The number of benzene rings is 2. The molecule has 2 aromatic heterocycles. The summed E-state index contributed by atoms with van der Waals surface area (Å²) in [6, 6.07) is 11.5. The van der Waals surface area contributed by atoms with Gasteiger partial charge >= 0.3 is 0 Å². The number of rotatable bonds is 3. The van der Waals surface area contributed by atoms with E-state index >= 15 is 0 Å². The summed E-state index contributed by atoms with van der Waals surface area (Å²) in [5.74, 6) is -0.0338. The molecule has 0 spiro atoms. The number of fused-ring (bicyclic) bond motifs is 2. The fourth-order valence-corrected chi connectivity index (χ4v) is 4.33. The van der Waals surface area contributed by atoms with E-state index in [1.165, 1.54) is 0 Å². The van der Waals surface area contributed by atoms with E-state index in [0.717, 1.165) is 31.6 Å².